The third kappa shape index (κ3) is 4.33. The Hall–Kier alpha value is -3.15. The van der Waals surface area contributed by atoms with Crippen molar-refractivity contribution in [1.82, 2.24) is 15.1 Å². The van der Waals surface area contributed by atoms with Gasteiger partial charge in [0, 0.05) is 41.9 Å². The van der Waals surface area contributed by atoms with E-state index < -0.39 is 0 Å². The molecule has 0 aliphatic heterocycles. The number of fused-ring (bicyclic) bond motifs is 1. The van der Waals surface area contributed by atoms with E-state index in [9.17, 15) is 0 Å². The van der Waals surface area contributed by atoms with Crippen molar-refractivity contribution < 1.29 is 9.47 Å². The fourth-order valence-electron chi connectivity index (χ4n) is 4.07. The van der Waals surface area contributed by atoms with Crippen LogP contribution in [-0.2, 0) is 17.9 Å². The fraction of sp³-hybridized carbons (Fsp3) is 0.269. The van der Waals surface area contributed by atoms with E-state index in [1.54, 1.807) is 14.2 Å². The SMILES string of the molecule is COCc1cc(CN[C@@H](C)c2cnn(-c3cccc4ccccc34)c2C)ccc1OC. The van der Waals surface area contributed by atoms with Crippen LogP contribution in [0.25, 0.3) is 16.5 Å². The van der Waals surface area contributed by atoms with Crippen LogP contribution in [0.3, 0.4) is 0 Å². The van der Waals surface area contributed by atoms with Gasteiger partial charge in [-0.3, -0.25) is 0 Å². The van der Waals surface area contributed by atoms with Crippen LogP contribution in [0.1, 0.15) is 35.3 Å². The third-order valence-electron chi connectivity index (χ3n) is 5.77. The zero-order valence-electron chi connectivity index (χ0n) is 18.6. The first-order valence-electron chi connectivity index (χ1n) is 10.5. The summed E-state index contributed by atoms with van der Waals surface area (Å²) in [7, 11) is 3.38. The highest BCUT2D eigenvalue weighted by atomic mass is 16.5. The molecule has 0 spiro atoms. The predicted octanol–water partition coefficient (Wildman–Crippen LogP) is 5.34. The van der Waals surface area contributed by atoms with Crippen LogP contribution in [0, 0.1) is 6.92 Å². The second-order valence-corrected chi connectivity index (χ2v) is 7.78. The highest BCUT2D eigenvalue weighted by Gasteiger charge is 2.15. The number of ether oxygens (including phenoxy) is 2. The molecule has 3 aromatic carbocycles. The Labute approximate surface area is 183 Å². The maximum Gasteiger partial charge on any atom is 0.124 e. The number of methoxy groups -OCH3 is 2. The molecule has 4 aromatic rings. The molecule has 0 amide bonds. The minimum absolute atomic E-state index is 0.164. The normalized spacial score (nSPS) is 12.3. The van der Waals surface area contributed by atoms with Gasteiger partial charge in [-0.2, -0.15) is 5.10 Å². The van der Waals surface area contributed by atoms with Gasteiger partial charge in [-0.05, 0) is 43.0 Å². The van der Waals surface area contributed by atoms with Gasteiger partial charge in [0.1, 0.15) is 5.75 Å². The van der Waals surface area contributed by atoms with Crippen LogP contribution in [0.2, 0.25) is 0 Å². The molecule has 1 atom stereocenters. The molecule has 4 rings (SSSR count). The summed E-state index contributed by atoms with van der Waals surface area (Å²) in [6.45, 7) is 5.59. The molecule has 0 saturated carbocycles. The Balaban J connectivity index is 1.54. The Bertz CT molecular complexity index is 1180. The predicted molar refractivity (Wildman–Crippen MR) is 125 cm³/mol. The standard InChI is InChI=1S/C26H29N3O2/c1-18(27-15-20-12-13-26(31-4)22(14-20)17-30-3)24-16-28-29(19(24)2)25-11-7-9-21-8-5-6-10-23(21)25/h5-14,16,18,27H,15,17H2,1-4H3/t18-/m0/s1. The Kier molecular flexibility index (Phi) is 6.35. The molecule has 160 valence electrons. The molecular formula is C26H29N3O2. The highest BCUT2D eigenvalue weighted by Crippen LogP contribution is 2.26. The van der Waals surface area contributed by atoms with Gasteiger partial charge >= 0.3 is 0 Å². The van der Waals surface area contributed by atoms with Crippen LogP contribution in [0.15, 0.2) is 66.9 Å². The van der Waals surface area contributed by atoms with Crippen molar-refractivity contribution in [3.8, 4) is 11.4 Å². The molecule has 1 N–H and O–H groups in total. The van der Waals surface area contributed by atoms with Crippen LogP contribution >= 0.6 is 0 Å². The molecule has 0 fully saturated rings. The van der Waals surface area contributed by atoms with E-state index in [1.807, 2.05) is 16.9 Å². The minimum atomic E-state index is 0.164. The van der Waals surface area contributed by atoms with Crippen molar-refractivity contribution in [2.24, 2.45) is 0 Å². The van der Waals surface area contributed by atoms with Crippen LogP contribution in [0.5, 0.6) is 5.75 Å². The van der Waals surface area contributed by atoms with Crippen LogP contribution in [-0.4, -0.2) is 24.0 Å². The zero-order chi connectivity index (χ0) is 21.8. The first kappa shape index (κ1) is 21.1. The summed E-state index contributed by atoms with van der Waals surface area (Å²) >= 11 is 0. The lowest BCUT2D eigenvalue weighted by Crippen LogP contribution is -2.19. The van der Waals surface area contributed by atoms with Crippen molar-refractivity contribution in [2.45, 2.75) is 33.0 Å². The first-order chi connectivity index (χ1) is 15.1. The van der Waals surface area contributed by atoms with Gasteiger partial charge in [0.15, 0.2) is 0 Å². The Morgan fingerprint density at radius 3 is 2.65 bits per heavy atom. The molecule has 0 aliphatic carbocycles. The zero-order valence-corrected chi connectivity index (χ0v) is 18.6. The van der Waals surface area contributed by atoms with Crippen molar-refractivity contribution in [2.75, 3.05) is 14.2 Å². The summed E-state index contributed by atoms with van der Waals surface area (Å²) in [5.41, 5.74) is 5.69. The maximum atomic E-state index is 5.43. The molecule has 1 aromatic heterocycles. The first-order valence-corrected chi connectivity index (χ1v) is 10.5. The number of nitrogens with one attached hydrogen (secondary N) is 1. The van der Waals surface area contributed by atoms with Gasteiger partial charge in [0.05, 0.1) is 25.6 Å². The minimum Gasteiger partial charge on any atom is -0.496 e. The lowest BCUT2D eigenvalue weighted by Gasteiger charge is -2.16. The Morgan fingerprint density at radius 1 is 1.03 bits per heavy atom. The second-order valence-electron chi connectivity index (χ2n) is 7.78. The number of aromatic nitrogens is 2. The van der Waals surface area contributed by atoms with Gasteiger partial charge in [0.25, 0.3) is 0 Å². The lowest BCUT2D eigenvalue weighted by molar-refractivity contribution is 0.181. The lowest BCUT2D eigenvalue weighted by atomic mass is 10.1. The molecule has 5 nitrogen and oxygen atoms in total. The largest absolute Gasteiger partial charge is 0.496 e. The average Bonchev–Trinajstić information content (AvgIpc) is 3.18. The van der Waals surface area contributed by atoms with E-state index in [-0.39, 0.29) is 6.04 Å². The number of hydrogen-bond acceptors (Lipinski definition) is 4. The van der Waals surface area contributed by atoms with Gasteiger partial charge < -0.3 is 14.8 Å². The number of benzene rings is 3. The van der Waals surface area contributed by atoms with Crippen molar-refractivity contribution in [3.63, 3.8) is 0 Å². The summed E-state index contributed by atoms with van der Waals surface area (Å²) in [4.78, 5) is 0. The van der Waals surface area contributed by atoms with E-state index in [0.29, 0.717) is 6.61 Å². The molecule has 0 radical (unpaired) electrons. The number of hydrogen-bond donors (Lipinski definition) is 1. The molecule has 0 unspecified atom stereocenters. The van der Waals surface area contributed by atoms with Gasteiger partial charge in [-0.25, -0.2) is 4.68 Å². The number of nitrogens with zero attached hydrogens (tertiary/aromatic N) is 2. The van der Waals surface area contributed by atoms with E-state index in [0.717, 1.165) is 29.2 Å². The van der Waals surface area contributed by atoms with Gasteiger partial charge in [0.2, 0.25) is 0 Å². The third-order valence-corrected chi connectivity index (χ3v) is 5.77. The monoisotopic (exact) mass is 415 g/mol. The molecule has 0 aliphatic rings. The molecule has 0 saturated heterocycles. The summed E-state index contributed by atoms with van der Waals surface area (Å²) in [6.07, 6.45) is 1.97. The van der Waals surface area contributed by atoms with Crippen LogP contribution < -0.4 is 10.1 Å². The van der Waals surface area contributed by atoms with Crippen molar-refractivity contribution >= 4 is 10.8 Å². The fourth-order valence-corrected chi connectivity index (χ4v) is 4.07. The summed E-state index contributed by atoms with van der Waals surface area (Å²) in [5.74, 6) is 0.853. The van der Waals surface area contributed by atoms with Crippen molar-refractivity contribution in [1.29, 1.82) is 0 Å². The molecule has 1 heterocycles. The van der Waals surface area contributed by atoms with Crippen molar-refractivity contribution in [3.05, 3.63) is 89.2 Å². The average molecular weight is 416 g/mol. The molecule has 0 bridgehead atoms. The molecular weight excluding hydrogens is 386 g/mol. The van der Waals surface area contributed by atoms with E-state index in [2.05, 4.69) is 73.8 Å². The summed E-state index contributed by atoms with van der Waals surface area (Å²) < 4.78 is 12.8. The number of rotatable bonds is 8. The molecule has 31 heavy (non-hydrogen) atoms. The maximum absolute atomic E-state index is 5.43. The quantitative estimate of drug-likeness (QED) is 0.422. The highest BCUT2D eigenvalue weighted by molar-refractivity contribution is 5.90. The summed E-state index contributed by atoms with van der Waals surface area (Å²) in [6, 6.07) is 21.1. The van der Waals surface area contributed by atoms with E-state index in [1.165, 1.54) is 21.9 Å². The van der Waals surface area contributed by atoms with E-state index >= 15 is 0 Å². The molecule has 5 heteroatoms. The second kappa shape index (κ2) is 9.33. The van der Waals surface area contributed by atoms with Gasteiger partial charge in [-0.15, -0.1) is 0 Å². The topological polar surface area (TPSA) is 48.3 Å². The smallest absolute Gasteiger partial charge is 0.124 e. The summed E-state index contributed by atoms with van der Waals surface area (Å²) in [5, 5.41) is 10.8. The van der Waals surface area contributed by atoms with Crippen LogP contribution in [0.4, 0.5) is 0 Å². The Morgan fingerprint density at radius 2 is 1.84 bits per heavy atom. The van der Waals surface area contributed by atoms with Gasteiger partial charge in [-0.1, -0.05) is 42.5 Å². The van der Waals surface area contributed by atoms with E-state index in [4.69, 9.17) is 14.6 Å².